The Morgan fingerprint density at radius 2 is 1.87 bits per heavy atom. The van der Waals surface area contributed by atoms with Crippen molar-refractivity contribution in [3.05, 3.63) is 99.7 Å². The van der Waals surface area contributed by atoms with Gasteiger partial charge in [-0.15, -0.1) is 0 Å². The van der Waals surface area contributed by atoms with Crippen molar-refractivity contribution >= 4 is 44.7 Å². The molecule has 0 amide bonds. The summed E-state index contributed by atoms with van der Waals surface area (Å²) in [7, 11) is 0. The standard InChI is InChI=1S/C24H12BrFO5/c25-15-5-8-19-14(9-15)11-22(30-19)24(28)29-16-6-7-17-20(12-16)31-21(23(17)27)10-13-3-1-2-4-18(13)26/h1-12H/b21-10-. The molecule has 5 nitrogen and oxygen atoms in total. The summed E-state index contributed by atoms with van der Waals surface area (Å²) in [6, 6.07) is 17.5. The number of halogens is 2. The highest BCUT2D eigenvalue weighted by Gasteiger charge is 2.28. The van der Waals surface area contributed by atoms with E-state index in [1.54, 1.807) is 30.3 Å². The molecule has 0 fully saturated rings. The van der Waals surface area contributed by atoms with E-state index >= 15 is 0 Å². The van der Waals surface area contributed by atoms with E-state index in [0.29, 0.717) is 11.1 Å². The molecule has 0 N–H and O–H groups in total. The van der Waals surface area contributed by atoms with Crippen LogP contribution < -0.4 is 9.47 Å². The van der Waals surface area contributed by atoms with Gasteiger partial charge in [0.05, 0.1) is 5.56 Å². The second-order valence-electron chi connectivity index (χ2n) is 6.80. The molecule has 1 aromatic heterocycles. The van der Waals surface area contributed by atoms with Crippen LogP contribution in [0.2, 0.25) is 0 Å². The van der Waals surface area contributed by atoms with Crippen molar-refractivity contribution in [1.29, 1.82) is 0 Å². The van der Waals surface area contributed by atoms with Gasteiger partial charge in [0, 0.05) is 21.5 Å². The van der Waals surface area contributed by atoms with E-state index in [4.69, 9.17) is 13.9 Å². The molecule has 31 heavy (non-hydrogen) atoms. The van der Waals surface area contributed by atoms with Crippen molar-refractivity contribution in [2.45, 2.75) is 0 Å². The number of hydrogen-bond donors (Lipinski definition) is 0. The fourth-order valence-electron chi connectivity index (χ4n) is 3.24. The number of carbonyl (C=O) groups excluding carboxylic acids is 2. The third-order valence-electron chi connectivity index (χ3n) is 4.72. The Morgan fingerprint density at radius 3 is 2.71 bits per heavy atom. The molecule has 4 aromatic rings. The van der Waals surface area contributed by atoms with Gasteiger partial charge in [0.2, 0.25) is 11.5 Å². The van der Waals surface area contributed by atoms with Crippen LogP contribution in [-0.4, -0.2) is 11.8 Å². The molecule has 0 unspecified atom stereocenters. The smallest absolute Gasteiger partial charge is 0.379 e. The lowest BCUT2D eigenvalue weighted by Crippen LogP contribution is -2.07. The number of hydrogen-bond acceptors (Lipinski definition) is 5. The molecular formula is C24H12BrFO5. The predicted octanol–water partition coefficient (Wildman–Crippen LogP) is 6.17. The quantitative estimate of drug-likeness (QED) is 0.200. The molecule has 0 saturated carbocycles. The molecule has 2 heterocycles. The highest BCUT2D eigenvalue weighted by molar-refractivity contribution is 9.10. The first kappa shape index (κ1) is 19.3. The largest absolute Gasteiger partial charge is 0.452 e. The normalized spacial score (nSPS) is 14.0. The highest BCUT2D eigenvalue weighted by atomic mass is 79.9. The monoisotopic (exact) mass is 478 g/mol. The van der Waals surface area contributed by atoms with Gasteiger partial charge in [0.25, 0.3) is 0 Å². The van der Waals surface area contributed by atoms with E-state index in [0.717, 1.165) is 9.86 Å². The Balaban J connectivity index is 1.38. The van der Waals surface area contributed by atoms with Crippen molar-refractivity contribution < 1.29 is 27.9 Å². The first-order valence-corrected chi connectivity index (χ1v) is 10.0. The number of benzene rings is 3. The van der Waals surface area contributed by atoms with Gasteiger partial charge >= 0.3 is 5.97 Å². The summed E-state index contributed by atoms with van der Waals surface area (Å²) in [6.45, 7) is 0. The molecule has 0 bridgehead atoms. The zero-order valence-electron chi connectivity index (χ0n) is 15.7. The van der Waals surface area contributed by atoms with E-state index in [9.17, 15) is 14.0 Å². The molecule has 7 heteroatoms. The van der Waals surface area contributed by atoms with E-state index in [1.807, 2.05) is 12.1 Å². The Kier molecular flexibility index (Phi) is 4.67. The molecule has 0 aliphatic carbocycles. The van der Waals surface area contributed by atoms with Crippen LogP contribution in [0, 0.1) is 5.82 Å². The number of Topliss-reactive ketones (excluding diaryl/α,β-unsaturated/α-hetero) is 1. The second-order valence-corrected chi connectivity index (χ2v) is 7.72. The van der Waals surface area contributed by atoms with E-state index < -0.39 is 11.8 Å². The molecule has 152 valence electrons. The summed E-state index contributed by atoms with van der Waals surface area (Å²) in [5.74, 6) is -1.07. The molecule has 3 aromatic carbocycles. The minimum absolute atomic E-state index is 0.00793. The number of esters is 1. The van der Waals surface area contributed by atoms with E-state index in [2.05, 4.69) is 15.9 Å². The lowest BCUT2D eigenvalue weighted by molar-refractivity contribution is 0.0703. The predicted molar refractivity (Wildman–Crippen MR) is 115 cm³/mol. The molecule has 0 saturated heterocycles. The molecule has 0 atom stereocenters. The molecule has 5 rings (SSSR count). The van der Waals surface area contributed by atoms with Crippen molar-refractivity contribution in [2.24, 2.45) is 0 Å². The first-order chi connectivity index (χ1) is 15.0. The van der Waals surface area contributed by atoms with Gasteiger partial charge in [-0.25, -0.2) is 9.18 Å². The zero-order valence-corrected chi connectivity index (χ0v) is 17.3. The second kappa shape index (κ2) is 7.52. The fourth-order valence-corrected chi connectivity index (χ4v) is 3.62. The van der Waals surface area contributed by atoms with Gasteiger partial charge in [-0.1, -0.05) is 34.1 Å². The highest BCUT2D eigenvalue weighted by Crippen LogP contribution is 2.35. The van der Waals surface area contributed by atoms with Crippen molar-refractivity contribution in [3.8, 4) is 11.5 Å². The van der Waals surface area contributed by atoms with Crippen LogP contribution in [0.3, 0.4) is 0 Å². The van der Waals surface area contributed by atoms with Crippen LogP contribution >= 0.6 is 15.9 Å². The van der Waals surface area contributed by atoms with Gasteiger partial charge < -0.3 is 13.9 Å². The van der Waals surface area contributed by atoms with Gasteiger partial charge in [-0.2, -0.15) is 0 Å². The molecule has 0 spiro atoms. The molecule has 1 aliphatic heterocycles. The summed E-state index contributed by atoms with van der Waals surface area (Å²) < 4.78 is 31.3. The lowest BCUT2D eigenvalue weighted by Gasteiger charge is -2.04. The van der Waals surface area contributed by atoms with Crippen LogP contribution in [0.25, 0.3) is 17.0 Å². The molecule has 0 radical (unpaired) electrons. The van der Waals surface area contributed by atoms with Gasteiger partial charge in [-0.3, -0.25) is 4.79 Å². The first-order valence-electron chi connectivity index (χ1n) is 9.22. The van der Waals surface area contributed by atoms with E-state index in [-0.39, 0.29) is 34.4 Å². The Bertz CT molecular complexity index is 1400. The Hall–Kier alpha value is -3.71. The maximum Gasteiger partial charge on any atom is 0.379 e. The minimum Gasteiger partial charge on any atom is -0.452 e. The van der Waals surface area contributed by atoms with Crippen molar-refractivity contribution in [1.82, 2.24) is 0 Å². The van der Waals surface area contributed by atoms with Crippen LogP contribution in [0.15, 0.2) is 81.4 Å². The maximum absolute atomic E-state index is 13.9. The number of rotatable bonds is 3. The fraction of sp³-hybridized carbons (Fsp3) is 0. The third kappa shape index (κ3) is 3.64. The third-order valence-corrected chi connectivity index (χ3v) is 5.22. The number of furan rings is 1. The average molecular weight is 479 g/mol. The Labute approximate surface area is 183 Å². The van der Waals surface area contributed by atoms with Gasteiger partial charge in [0.15, 0.2) is 5.76 Å². The van der Waals surface area contributed by atoms with Crippen molar-refractivity contribution in [2.75, 3.05) is 0 Å². The van der Waals surface area contributed by atoms with Crippen LogP contribution in [0.1, 0.15) is 26.5 Å². The topological polar surface area (TPSA) is 65.7 Å². The number of fused-ring (bicyclic) bond motifs is 2. The van der Waals surface area contributed by atoms with Gasteiger partial charge in [0.1, 0.15) is 22.9 Å². The molecular weight excluding hydrogens is 467 g/mol. The summed E-state index contributed by atoms with van der Waals surface area (Å²) >= 11 is 3.37. The average Bonchev–Trinajstić information content (AvgIpc) is 3.30. The summed E-state index contributed by atoms with van der Waals surface area (Å²) in [5.41, 5.74) is 1.10. The number of ether oxygens (including phenoxy) is 2. The van der Waals surface area contributed by atoms with Gasteiger partial charge in [-0.05, 0) is 48.5 Å². The molecule has 1 aliphatic rings. The number of ketones is 1. The van der Waals surface area contributed by atoms with Crippen LogP contribution in [0.5, 0.6) is 11.5 Å². The number of carbonyl (C=O) groups is 2. The Morgan fingerprint density at radius 1 is 1.03 bits per heavy atom. The van der Waals surface area contributed by atoms with E-state index in [1.165, 1.54) is 30.3 Å². The summed E-state index contributed by atoms with van der Waals surface area (Å²) in [6.07, 6.45) is 1.34. The summed E-state index contributed by atoms with van der Waals surface area (Å²) in [4.78, 5) is 25.0. The van der Waals surface area contributed by atoms with Crippen molar-refractivity contribution in [3.63, 3.8) is 0 Å². The number of allylic oxidation sites excluding steroid dienone is 1. The minimum atomic E-state index is -0.682. The summed E-state index contributed by atoms with van der Waals surface area (Å²) in [5, 5.41) is 0.757. The zero-order chi connectivity index (χ0) is 21.5. The lowest BCUT2D eigenvalue weighted by atomic mass is 10.1. The maximum atomic E-state index is 13.9. The SMILES string of the molecule is O=C(Oc1ccc2c(c1)O/C(=C\c1ccccc1F)C2=O)c1cc2cc(Br)ccc2o1. The van der Waals surface area contributed by atoms with Crippen LogP contribution in [0.4, 0.5) is 4.39 Å². The van der Waals surface area contributed by atoms with Crippen LogP contribution in [-0.2, 0) is 0 Å².